The molecule has 0 aliphatic heterocycles. The van der Waals surface area contributed by atoms with E-state index in [-0.39, 0.29) is 12.4 Å². The standard InChI is InChI=1S/2C7H7.ClH.Pd/c2*1-7-5-3-2-4-6-7;;/h2*2-6H,1H2;1H;. The van der Waals surface area contributed by atoms with Crippen LogP contribution in [0.3, 0.4) is 0 Å². The van der Waals surface area contributed by atoms with Crippen LogP contribution in [0.25, 0.3) is 0 Å². The van der Waals surface area contributed by atoms with Gasteiger partial charge in [0.05, 0.1) is 0 Å². The van der Waals surface area contributed by atoms with Gasteiger partial charge in [-0.05, 0) is 0 Å². The van der Waals surface area contributed by atoms with E-state index in [1.807, 2.05) is 0 Å². The Balaban J connectivity index is 0.00000128. The van der Waals surface area contributed by atoms with Gasteiger partial charge in [0.2, 0.25) is 0 Å². The van der Waals surface area contributed by atoms with E-state index in [4.69, 9.17) is 0 Å². The first-order chi connectivity index (χ1) is 7.45. The summed E-state index contributed by atoms with van der Waals surface area (Å²) in [6, 6.07) is 21.5. The van der Waals surface area contributed by atoms with Crippen LogP contribution in [0, 0.1) is 0 Å². The zero-order valence-electron chi connectivity index (χ0n) is 8.91. The van der Waals surface area contributed by atoms with Crippen LogP contribution >= 0.6 is 12.4 Å². The molecule has 0 nitrogen and oxygen atoms in total. The van der Waals surface area contributed by atoms with Crippen molar-refractivity contribution in [2.45, 2.75) is 9.79 Å². The number of rotatable bonds is 4. The van der Waals surface area contributed by atoms with Gasteiger partial charge in [-0.15, -0.1) is 12.4 Å². The zero-order valence-corrected chi connectivity index (χ0v) is 11.3. The molecule has 0 saturated carbocycles. The summed E-state index contributed by atoms with van der Waals surface area (Å²) in [7, 11) is 0. The van der Waals surface area contributed by atoms with Gasteiger partial charge in [0.15, 0.2) is 0 Å². The SMILES string of the molecule is Cl.c1ccc([CH2][Pd][CH2]c2ccccc2)cc1. The quantitative estimate of drug-likeness (QED) is 0.748. The van der Waals surface area contributed by atoms with Crippen LogP contribution in [0.1, 0.15) is 11.1 Å². The second-order valence-corrected chi connectivity index (χ2v) is 5.23. The van der Waals surface area contributed by atoms with E-state index < -0.39 is 0 Å². The predicted octanol–water partition coefficient (Wildman–Crippen LogP) is 3.89. The van der Waals surface area contributed by atoms with Crippen LogP contribution in [0.5, 0.6) is 0 Å². The summed E-state index contributed by atoms with van der Waals surface area (Å²) in [5, 5.41) is 0. The Bertz CT molecular complexity index is 346. The number of hydrogen-bond acceptors (Lipinski definition) is 0. The van der Waals surface area contributed by atoms with Gasteiger partial charge in [-0.3, -0.25) is 0 Å². The maximum absolute atomic E-state index is 2.21. The molecule has 0 spiro atoms. The van der Waals surface area contributed by atoms with Gasteiger partial charge in [0.1, 0.15) is 0 Å². The van der Waals surface area contributed by atoms with Crippen molar-refractivity contribution in [1.82, 2.24) is 0 Å². The first-order valence-electron chi connectivity index (χ1n) is 4.98. The van der Waals surface area contributed by atoms with E-state index in [1.165, 1.54) is 20.9 Å². The van der Waals surface area contributed by atoms with Crippen molar-refractivity contribution in [3.63, 3.8) is 0 Å². The Kier molecular flexibility index (Phi) is 6.42. The molecule has 0 saturated heterocycles. The molecule has 0 fully saturated rings. The summed E-state index contributed by atoms with van der Waals surface area (Å²) in [5.41, 5.74) is 2.92. The van der Waals surface area contributed by atoms with Crippen molar-refractivity contribution in [3.05, 3.63) is 71.8 Å². The van der Waals surface area contributed by atoms with Gasteiger partial charge in [-0.1, -0.05) is 0 Å². The minimum atomic E-state index is 0. The monoisotopic (exact) mass is 324 g/mol. The van der Waals surface area contributed by atoms with Crippen molar-refractivity contribution >= 4 is 12.4 Å². The van der Waals surface area contributed by atoms with E-state index in [1.54, 1.807) is 0 Å². The molecule has 0 aromatic heterocycles. The number of halogens is 1. The Labute approximate surface area is 112 Å². The molecule has 0 heterocycles. The third-order valence-corrected chi connectivity index (χ3v) is 4.15. The zero-order chi connectivity index (χ0) is 10.3. The third kappa shape index (κ3) is 4.49. The molecule has 2 aromatic rings. The van der Waals surface area contributed by atoms with Crippen LogP contribution in [0.2, 0.25) is 0 Å². The van der Waals surface area contributed by atoms with Crippen molar-refractivity contribution in [2.24, 2.45) is 0 Å². The van der Waals surface area contributed by atoms with E-state index in [2.05, 4.69) is 60.7 Å². The summed E-state index contributed by atoms with van der Waals surface area (Å²) in [5.74, 6) is 0. The van der Waals surface area contributed by atoms with Gasteiger partial charge in [0, 0.05) is 0 Å². The van der Waals surface area contributed by atoms with Crippen LogP contribution < -0.4 is 0 Å². The van der Waals surface area contributed by atoms with Crippen molar-refractivity contribution in [2.75, 3.05) is 0 Å². The molecule has 0 aliphatic rings. The van der Waals surface area contributed by atoms with E-state index in [0.717, 1.165) is 18.0 Å². The molecule has 0 unspecified atom stereocenters. The molecule has 2 heteroatoms. The van der Waals surface area contributed by atoms with Crippen molar-refractivity contribution in [1.29, 1.82) is 0 Å². The van der Waals surface area contributed by atoms with Crippen LogP contribution in [0.4, 0.5) is 0 Å². The fourth-order valence-electron chi connectivity index (χ4n) is 1.33. The molecule has 0 aliphatic carbocycles. The molecule has 0 amide bonds. The second kappa shape index (κ2) is 7.63. The maximum atomic E-state index is 2.21. The number of benzene rings is 2. The summed E-state index contributed by atoms with van der Waals surface area (Å²) in [6.45, 7) is 0. The number of hydrogen-bond donors (Lipinski definition) is 0. The molecule has 16 heavy (non-hydrogen) atoms. The van der Waals surface area contributed by atoms with E-state index in [0.29, 0.717) is 0 Å². The molecule has 2 rings (SSSR count). The molecular formula is C14H15ClPd. The Morgan fingerprint density at radius 2 is 1.00 bits per heavy atom. The van der Waals surface area contributed by atoms with Gasteiger partial charge in [-0.2, -0.15) is 0 Å². The summed E-state index contributed by atoms with van der Waals surface area (Å²) in [4.78, 5) is 2.45. The molecule has 88 valence electrons. The van der Waals surface area contributed by atoms with Gasteiger partial charge >= 0.3 is 99.6 Å². The van der Waals surface area contributed by atoms with Gasteiger partial charge < -0.3 is 0 Å². The molecule has 0 radical (unpaired) electrons. The molecule has 2 aromatic carbocycles. The van der Waals surface area contributed by atoms with Crippen LogP contribution in [-0.4, -0.2) is 0 Å². The Hall–Kier alpha value is -0.608. The predicted molar refractivity (Wildman–Crippen MR) is 67.5 cm³/mol. The molecular weight excluding hydrogens is 310 g/mol. The fourth-order valence-corrected chi connectivity index (χ4v) is 3.15. The van der Waals surface area contributed by atoms with Crippen LogP contribution in [-0.2, 0) is 27.8 Å². The first-order valence-corrected chi connectivity index (χ1v) is 7.17. The van der Waals surface area contributed by atoms with Gasteiger partial charge in [-0.25, -0.2) is 0 Å². The van der Waals surface area contributed by atoms with E-state index >= 15 is 0 Å². The Morgan fingerprint density at radius 1 is 0.625 bits per heavy atom. The third-order valence-electron chi connectivity index (χ3n) is 2.10. The average Bonchev–Trinajstić information content (AvgIpc) is 2.32. The summed E-state index contributed by atoms with van der Waals surface area (Å²) >= 11 is 0.793. The normalized spacial score (nSPS) is 9.75. The summed E-state index contributed by atoms with van der Waals surface area (Å²) < 4.78 is 0. The fraction of sp³-hybridized carbons (Fsp3) is 0.143. The summed E-state index contributed by atoms with van der Waals surface area (Å²) in [6.07, 6.45) is 0. The molecule has 0 atom stereocenters. The second-order valence-electron chi connectivity index (χ2n) is 3.35. The molecule has 0 N–H and O–H groups in total. The Morgan fingerprint density at radius 3 is 1.38 bits per heavy atom. The van der Waals surface area contributed by atoms with E-state index in [9.17, 15) is 0 Å². The van der Waals surface area contributed by atoms with Crippen LogP contribution in [0.15, 0.2) is 60.7 Å². The minimum absolute atomic E-state index is 0. The topological polar surface area (TPSA) is 0 Å². The van der Waals surface area contributed by atoms with Gasteiger partial charge in [0.25, 0.3) is 0 Å². The first kappa shape index (κ1) is 13.5. The molecule has 0 bridgehead atoms. The average molecular weight is 325 g/mol. The van der Waals surface area contributed by atoms with Crippen molar-refractivity contribution in [3.8, 4) is 0 Å². The van der Waals surface area contributed by atoms with Crippen molar-refractivity contribution < 1.29 is 18.0 Å².